The van der Waals surface area contributed by atoms with Crippen molar-refractivity contribution >= 4 is 11.9 Å². The van der Waals surface area contributed by atoms with Crippen molar-refractivity contribution in [3.05, 3.63) is 0 Å². The van der Waals surface area contributed by atoms with Crippen molar-refractivity contribution in [2.45, 2.75) is 18.9 Å². The van der Waals surface area contributed by atoms with Crippen LogP contribution in [-0.2, 0) is 14.4 Å². The van der Waals surface area contributed by atoms with Crippen LogP contribution in [0.2, 0.25) is 0 Å². The molecule has 0 bridgehead atoms. The summed E-state index contributed by atoms with van der Waals surface area (Å²) < 4.78 is 0. The summed E-state index contributed by atoms with van der Waals surface area (Å²) >= 11 is 0. The molecular formula is C7H12N2O4. The number of hydrogen-bond donors (Lipinski definition) is 3. The Morgan fingerprint density at radius 1 is 1.54 bits per heavy atom. The van der Waals surface area contributed by atoms with Gasteiger partial charge in [-0.05, 0) is 12.8 Å². The number of carboxylic acids is 1. The van der Waals surface area contributed by atoms with E-state index in [-0.39, 0.29) is 12.6 Å². The molecule has 0 aliphatic heterocycles. The van der Waals surface area contributed by atoms with Crippen LogP contribution < -0.4 is 11.2 Å². The van der Waals surface area contributed by atoms with Gasteiger partial charge in [0, 0.05) is 6.04 Å². The summed E-state index contributed by atoms with van der Waals surface area (Å²) in [6, 6.07) is -0.197. The monoisotopic (exact) mass is 188 g/mol. The minimum Gasteiger partial charge on any atom is -0.481 e. The van der Waals surface area contributed by atoms with E-state index in [4.69, 9.17) is 15.7 Å². The van der Waals surface area contributed by atoms with E-state index >= 15 is 0 Å². The first kappa shape index (κ1) is 9.94. The number of carbonyl (C=O) groups is 2. The maximum Gasteiger partial charge on any atom is 0.308 e. The third kappa shape index (κ3) is 2.67. The molecule has 0 aromatic rings. The van der Waals surface area contributed by atoms with Gasteiger partial charge in [0.1, 0.15) is 6.61 Å². The van der Waals surface area contributed by atoms with E-state index in [0.29, 0.717) is 6.42 Å². The molecule has 1 aliphatic rings. The molecule has 1 fully saturated rings. The fourth-order valence-electron chi connectivity index (χ4n) is 1.16. The standard InChI is InChI=1S/C7H12N2O4/c8-6(10)3-13-9-5-2-1-4(5)7(11)12/h4-5,9H,1-3H2,(H2,8,10)(H,11,12). The second-order valence-electron chi connectivity index (χ2n) is 3.00. The smallest absolute Gasteiger partial charge is 0.308 e. The van der Waals surface area contributed by atoms with Gasteiger partial charge in [0.15, 0.2) is 0 Å². The largest absolute Gasteiger partial charge is 0.481 e. The molecule has 1 amide bonds. The Kier molecular flexibility index (Phi) is 3.21. The number of amides is 1. The minimum absolute atomic E-state index is 0.197. The highest BCUT2D eigenvalue weighted by molar-refractivity contribution is 5.75. The molecule has 6 nitrogen and oxygen atoms in total. The van der Waals surface area contributed by atoms with Crippen molar-refractivity contribution < 1.29 is 19.5 Å². The molecule has 0 radical (unpaired) electrons. The molecule has 74 valence electrons. The maximum absolute atomic E-state index is 10.5. The van der Waals surface area contributed by atoms with Crippen LogP contribution in [0.4, 0.5) is 0 Å². The van der Waals surface area contributed by atoms with E-state index in [1.807, 2.05) is 0 Å². The molecule has 0 spiro atoms. The summed E-state index contributed by atoms with van der Waals surface area (Å²) in [6.45, 7) is -0.233. The van der Waals surface area contributed by atoms with E-state index in [0.717, 1.165) is 6.42 Å². The Bertz CT molecular complexity index is 219. The van der Waals surface area contributed by atoms with Crippen LogP contribution in [0.3, 0.4) is 0 Å². The first-order valence-electron chi connectivity index (χ1n) is 3.99. The molecule has 0 aromatic heterocycles. The Morgan fingerprint density at radius 2 is 2.23 bits per heavy atom. The second-order valence-corrected chi connectivity index (χ2v) is 3.00. The number of primary amides is 1. The van der Waals surface area contributed by atoms with Gasteiger partial charge in [0.25, 0.3) is 0 Å². The van der Waals surface area contributed by atoms with E-state index in [2.05, 4.69) is 5.48 Å². The highest BCUT2D eigenvalue weighted by Gasteiger charge is 2.36. The second kappa shape index (κ2) is 4.20. The van der Waals surface area contributed by atoms with E-state index in [1.165, 1.54) is 0 Å². The molecule has 13 heavy (non-hydrogen) atoms. The first-order chi connectivity index (χ1) is 6.11. The summed E-state index contributed by atoms with van der Waals surface area (Å²) in [6.07, 6.45) is 1.39. The number of carboxylic acid groups (broad SMARTS) is 1. The van der Waals surface area contributed by atoms with Crippen LogP contribution in [0.5, 0.6) is 0 Å². The molecule has 0 heterocycles. The van der Waals surface area contributed by atoms with Crippen LogP contribution in [0.1, 0.15) is 12.8 Å². The molecule has 6 heteroatoms. The highest BCUT2D eigenvalue weighted by atomic mass is 16.6. The lowest BCUT2D eigenvalue weighted by molar-refractivity contribution is -0.150. The number of aliphatic carboxylic acids is 1. The number of rotatable bonds is 5. The van der Waals surface area contributed by atoms with E-state index in [1.54, 1.807) is 0 Å². The van der Waals surface area contributed by atoms with Gasteiger partial charge in [-0.1, -0.05) is 0 Å². The van der Waals surface area contributed by atoms with Gasteiger partial charge in [0.2, 0.25) is 5.91 Å². The summed E-state index contributed by atoms with van der Waals surface area (Å²) in [5.41, 5.74) is 7.31. The predicted octanol–water partition coefficient (Wildman–Crippen LogP) is -1.14. The molecule has 4 N–H and O–H groups in total. The summed E-state index contributed by atoms with van der Waals surface area (Å²) in [7, 11) is 0. The molecule has 0 aromatic carbocycles. The topological polar surface area (TPSA) is 102 Å². The van der Waals surface area contributed by atoms with Gasteiger partial charge >= 0.3 is 5.97 Å². The van der Waals surface area contributed by atoms with Gasteiger partial charge in [-0.25, -0.2) is 0 Å². The van der Waals surface area contributed by atoms with E-state index < -0.39 is 17.8 Å². The third-order valence-electron chi connectivity index (χ3n) is 2.04. The normalized spacial score (nSPS) is 26.5. The van der Waals surface area contributed by atoms with Gasteiger partial charge < -0.3 is 10.8 Å². The molecule has 1 rings (SSSR count). The molecule has 0 saturated heterocycles. The Labute approximate surface area is 75.0 Å². The maximum atomic E-state index is 10.5. The van der Waals surface area contributed by atoms with Gasteiger partial charge in [0.05, 0.1) is 5.92 Å². The van der Waals surface area contributed by atoms with Crippen molar-refractivity contribution in [1.82, 2.24) is 5.48 Å². The average Bonchev–Trinajstić information content (AvgIpc) is 1.93. The Balaban J connectivity index is 2.15. The van der Waals surface area contributed by atoms with Crippen molar-refractivity contribution in [3.63, 3.8) is 0 Å². The number of nitrogens with one attached hydrogen (secondary N) is 1. The molecule has 2 unspecified atom stereocenters. The quantitative estimate of drug-likeness (QED) is 0.473. The zero-order valence-electron chi connectivity index (χ0n) is 7.03. The summed E-state index contributed by atoms with van der Waals surface area (Å²) in [5.74, 6) is -1.84. The number of carbonyl (C=O) groups excluding carboxylic acids is 1. The summed E-state index contributed by atoms with van der Waals surface area (Å²) in [4.78, 5) is 25.4. The van der Waals surface area contributed by atoms with E-state index in [9.17, 15) is 9.59 Å². The molecular weight excluding hydrogens is 176 g/mol. The van der Waals surface area contributed by atoms with Crippen molar-refractivity contribution in [3.8, 4) is 0 Å². The van der Waals surface area contributed by atoms with Gasteiger partial charge in [-0.3, -0.25) is 14.4 Å². The fraction of sp³-hybridized carbons (Fsp3) is 0.714. The zero-order valence-corrected chi connectivity index (χ0v) is 7.03. The number of hydrogen-bond acceptors (Lipinski definition) is 4. The number of nitrogens with two attached hydrogens (primary N) is 1. The lowest BCUT2D eigenvalue weighted by atomic mass is 9.80. The molecule has 1 saturated carbocycles. The van der Waals surface area contributed by atoms with Crippen molar-refractivity contribution in [1.29, 1.82) is 0 Å². The third-order valence-corrected chi connectivity index (χ3v) is 2.04. The SMILES string of the molecule is NC(=O)CONC1CCC1C(=O)O. The van der Waals surface area contributed by atoms with Crippen LogP contribution in [0.25, 0.3) is 0 Å². The van der Waals surface area contributed by atoms with Gasteiger partial charge in [-0.15, -0.1) is 0 Å². The van der Waals surface area contributed by atoms with Crippen LogP contribution in [-0.4, -0.2) is 29.6 Å². The van der Waals surface area contributed by atoms with Crippen LogP contribution in [0.15, 0.2) is 0 Å². The Morgan fingerprint density at radius 3 is 2.62 bits per heavy atom. The zero-order chi connectivity index (χ0) is 9.84. The number of hydroxylamine groups is 1. The highest BCUT2D eigenvalue weighted by Crippen LogP contribution is 2.27. The van der Waals surface area contributed by atoms with Crippen molar-refractivity contribution in [2.24, 2.45) is 11.7 Å². The van der Waals surface area contributed by atoms with Crippen molar-refractivity contribution in [2.75, 3.05) is 6.61 Å². The Hall–Kier alpha value is -1.14. The molecule has 2 atom stereocenters. The molecule has 1 aliphatic carbocycles. The lowest BCUT2D eigenvalue weighted by Gasteiger charge is -2.33. The lowest BCUT2D eigenvalue weighted by Crippen LogP contribution is -2.48. The van der Waals surface area contributed by atoms with Gasteiger partial charge in [-0.2, -0.15) is 5.48 Å². The van der Waals surface area contributed by atoms with Crippen LogP contribution in [0, 0.1) is 5.92 Å². The minimum atomic E-state index is -0.841. The average molecular weight is 188 g/mol. The fourth-order valence-corrected chi connectivity index (χ4v) is 1.16. The first-order valence-corrected chi connectivity index (χ1v) is 3.99. The summed E-state index contributed by atoms with van der Waals surface area (Å²) in [5, 5.41) is 8.62. The predicted molar refractivity (Wildman–Crippen MR) is 42.4 cm³/mol. The van der Waals surface area contributed by atoms with Crippen LogP contribution >= 0.6 is 0 Å².